The summed E-state index contributed by atoms with van der Waals surface area (Å²) in [5.41, 5.74) is 6.52. The molecule has 0 radical (unpaired) electrons. The maximum Gasteiger partial charge on any atom is 0.407 e. The Bertz CT molecular complexity index is 1270. The molecule has 0 spiro atoms. The van der Waals surface area contributed by atoms with Gasteiger partial charge in [0.1, 0.15) is 12.4 Å². The van der Waals surface area contributed by atoms with Crippen LogP contribution in [0, 0.1) is 17.3 Å². The molecule has 0 aliphatic heterocycles. The summed E-state index contributed by atoms with van der Waals surface area (Å²) in [4.78, 5) is 42.1. The molecule has 2 aliphatic rings. The molecule has 1 saturated carbocycles. The number of fused-ring (bicyclic) bond motifs is 3. The number of ketones is 1. The minimum Gasteiger partial charge on any atom is -0.449 e. The molecule has 2 aliphatic carbocycles. The van der Waals surface area contributed by atoms with E-state index in [9.17, 15) is 19.6 Å². The van der Waals surface area contributed by atoms with E-state index in [1.807, 2.05) is 52.0 Å². The molecule has 10 heteroatoms. The monoisotopic (exact) mass is 606 g/mol. The zero-order valence-corrected chi connectivity index (χ0v) is 26.2. The van der Waals surface area contributed by atoms with Crippen LogP contribution in [0.15, 0.2) is 53.6 Å². The van der Waals surface area contributed by atoms with Gasteiger partial charge in [-0.1, -0.05) is 76.2 Å². The van der Waals surface area contributed by atoms with Crippen LogP contribution in [0.2, 0.25) is 0 Å². The third kappa shape index (κ3) is 8.66. The molecular weight excluding hydrogens is 560 g/mol. The van der Waals surface area contributed by atoms with E-state index in [1.54, 1.807) is 0 Å². The first-order chi connectivity index (χ1) is 21.1. The number of hydrogen-bond acceptors (Lipinski definition) is 7. The van der Waals surface area contributed by atoms with Gasteiger partial charge in [-0.05, 0) is 59.3 Å². The summed E-state index contributed by atoms with van der Waals surface area (Å²) >= 11 is 0. The van der Waals surface area contributed by atoms with Crippen LogP contribution >= 0.6 is 0 Å². The van der Waals surface area contributed by atoms with Crippen molar-refractivity contribution in [3.8, 4) is 11.1 Å². The Morgan fingerprint density at radius 2 is 1.61 bits per heavy atom. The van der Waals surface area contributed by atoms with Crippen LogP contribution < -0.4 is 16.1 Å². The molecule has 2 aromatic carbocycles. The van der Waals surface area contributed by atoms with Crippen molar-refractivity contribution in [1.29, 1.82) is 0 Å². The fourth-order valence-corrected chi connectivity index (χ4v) is 6.17. The van der Waals surface area contributed by atoms with Gasteiger partial charge >= 0.3 is 12.1 Å². The molecule has 0 heterocycles. The fraction of sp³-hybridized carbons (Fsp3) is 0.529. The summed E-state index contributed by atoms with van der Waals surface area (Å²) in [6, 6.07) is 15.1. The van der Waals surface area contributed by atoms with Crippen LogP contribution in [0.1, 0.15) is 83.3 Å². The minimum absolute atomic E-state index is 0.0871. The lowest BCUT2D eigenvalue weighted by atomic mass is 9.79. The van der Waals surface area contributed by atoms with Crippen LogP contribution in [-0.2, 0) is 14.4 Å². The lowest BCUT2D eigenvalue weighted by Gasteiger charge is -2.30. The zero-order chi connectivity index (χ0) is 31.7. The van der Waals surface area contributed by atoms with Gasteiger partial charge in [-0.2, -0.15) is 5.10 Å². The Morgan fingerprint density at radius 3 is 2.18 bits per heavy atom. The van der Waals surface area contributed by atoms with Crippen LogP contribution in [-0.4, -0.2) is 54.7 Å². The molecule has 10 nitrogen and oxygen atoms in total. The Labute approximate surface area is 259 Å². The topological polar surface area (TPSA) is 138 Å². The van der Waals surface area contributed by atoms with Gasteiger partial charge < -0.3 is 15.4 Å². The van der Waals surface area contributed by atoms with Crippen molar-refractivity contribution < 1.29 is 29.3 Å². The summed E-state index contributed by atoms with van der Waals surface area (Å²) < 4.78 is 5.70. The number of hydrogen-bond donors (Lipinski definition) is 4. The van der Waals surface area contributed by atoms with Gasteiger partial charge in [-0.3, -0.25) is 10.1 Å². The molecule has 2 aromatic rings. The molecule has 4 rings (SSSR count). The summed E-state index contributed by atoms with van der Waals surface area (Å²) in [6.45, 7) is 8.28. The van der Waals surface area contributed by atoms with E-state index in [0.717, 1.165) is 47.9 Å². The van der Waals surface area contributed by atoms with Gasteiger partial charge in [-0.15, -0.1) is 0 Å². The number of Topliss-reactive ketones (excluding diaryl/α,β-unsaturated/α-hetero) is 1. The fourth-order valence-electron chi connectivity index (χ4n) is 6.17. The van der Waals surface area contributed by atoms with E-state index in [2.05, 4.69) is 45.4 Å². The van der Waals surface area contributed by atoms with Gasteiger partial charge in [0.05, 0.1) is 12.1 Å². The maximum atomic E-state index is 13.0. The summed E-state index contributed by atoms with van der Waals surface area (Å²) in [6.07, 6.45) is 4.44. The summed E-state index contributed by atoms with van der Waals surface area (Å²) in [5, 5.41) is 19.3. The van der Waals surface area contributed by atoms with Gasteiger partial charge in [0.25, 0.3) is 0 Å². The number of carbonyl (C=O) groups is 3. The lowest BCUT2D eigenvalue weighted by Crippen LogP contribution is -2.43. The molecule has 3 amide bonds. The first kappa shape index (κ1) is 33.1. The van der Waals surface area contributed by atoms with Gasteiger partial charge in [0.15, 0.2) is 0 Å². The highest BCUT2D eigenvalue weighted by Gasteiger charge is 2.31. The SMILES string of the molecule is CCC(=O)C1CCC(CNC(=O)N/N=C/[C@H](CC(OO)C(C)(C)C)NC(=O)OCC2c3ccccc3-c3ccccc32)CC1. The van der Waals surface area contributed by atoms with Crippen molar-refractivity contribution in [1.82, 2.24) is 16.1 Å². The number of nitrogens with one attached hydrogen (secondary N) is 3. The number of urea groups is 1. The largest absolute Gasteiger partial charge is 0.449 e. The van der Waals surface area contributed by atoms with E-state index in [0.29, 0.717) is 24.7 Å². The van der Waals surface area contributed by atoms with Crippen molar-refractivity contribution in [3.63, 3.8) is 0 Å². The quantitative estimate of drug-likeness (QED) is 0.128. The predicted octanol–water partition coefficient (Wildman–Crippen LogP) is 6.26. The summed E-state index contributed by atoms with van der Waals surface area (Å²) in [5.74, 6) is 0.708. The van der Waals surface area contributed by atoms with Crippen molar-refractivity contribution in [2.24, 2.45) is 22.4 Å². The zero-order valence-electron chi connectivity index (χ0n) is 26.2. The average molecular weight is 607 g/mol. The molecule has 0 bridgehead atoms. The first-order valence-corrected chi connectivity index (χ1v) is 15.6. The molecule has 1 unspecified atom stereocenters. The highest BCUT2D eigenvalue weighted by Crippen LogP contribution is 2.44. The number of amides is 3. The third-order valence-corrected chi connectivity index (χ3v) is 8.83. The van der Waals surface area contributed by atoms with E-state index in [-0.39, 0.29) is 24.9 Å². The molecule has 2 atom stereocenters. The van der Waals surface area contributed by atoms with Crippen molar-refractivity contribution >= 4 is 24.1 Å². The van der Waals surface area contributed by atoms with Crippen LogP contribution in [0.25, 0.3) is 11.1 Å². The first-order valence-electron chi connectivity index (χ1n) is 15.6. The smallest absolute Gasteiger partial charge is 0.407 e. The second kappa shape index (κ2) is 15.3. The van der Waals surface area contributed by atoms with Gasteiger partial charge in [0.2, 0.25) is 0 Å². The molecular formula is C34H46N4O6. The maximum absolute atomic E-state index is 13.0. The van der Waals surface area contributed by atoms with Crippen LogP contribution in [0.5, 0.6) is 0 Å². The Hall–Kier alpha value is -3.76. The third-order valence-electron chi connectivity index (χ3n) is 8.83. The molecule has 0 aromatic heterocycles. The number of ether oxygens (including phenoxy) is 1. The number of nitrogens with zero attached hydrogens (tertiary/aromatic N) is 1. The van der Waals surface area contributed by atoms with E-state index in [1.165, 1.54) is 6.21 Å². The average Bonchev–Trinajstić information content (AvgIpc) is 3.34. The Kier molecular flexibility index (Phi) is 11.5. The van der Waals surface area contributed by atoms with E-state index < -0.39 is 29.7 Å². The van der Waals surface area contributed by atoms with Crippen molar-refractivity contribution in [2.75, 3.05) is 13.2 Å². The predicted molar refractivity (Wildman–Crippen MR) is 169 cm³/mol. The highest BCUT2D eigenvalue weighted by molar-refractivity contribution is 5.81. The number of benzene rings is 2. The number of hydrazone groups is 1. The van der Waals surface area contributed by atoms with E-state index >= 15 is 0 Å². The lowest BCUT2D eigenvalue weighted by molar-refractivity contribution is -0.300. The minimum atomic E-state index is -0.700. The molecule has 4 N–H and O–H groups in total. The molecule has 1 fully saturated rings. The molecule has 238 valence electrons. The Balaban J connectivity index is 1.31. The molecule has 0 saturated heterocycles. The second-order valence-electron chi connectivity index (χ2n) is 12.9. The van der Waals surface area contributed by atoms with E-state index in [4.69, 9.17) is 9.62 Å². The molecule has 44 heavy (non-hydrogen) atoms. The van der Waals surface area contributed by atoms with Crippen molar-refractivity contribution in [2.45, 2.75) is 84.3 Å². The summed E-state index contributed by atoms with van der Waals surface area (Å²) in [7, 11) is 0. The van der Waals surface area contributed by atoms with Crippen molar-refractivity contribution in [3.05, 3.63) is 59.7 Å². The number of alkyl carbamates (subject to hydrolysis) is 1. The second-order valence-corrected chi connectivity index (χ2v) is 12.9. The van der Waals surface area contributed by atoms with Gasteiger partial charge in [-0.25, -0.2) is 19.9 Å². The highest BCUT2D eigenvalue weighted by atomic mass is 17.1. The Morgan fingerprint density at radius 1 is 1.00 bits per heavy atom. The normalized spacial score (nSPS) is 19.5. The number of rotatable bonds is 12. The van der Waals surface area contributed by atoms with Gasteiger partial charge in [0, 0.05) is 37.4 Å². The number of carbonyl (C=O) groups excluding carboxylic acids is 3. The van der Waals surface area contributed by atoms with Crippen LogP contribution in [0.3, 0.4) is 0 Å². The standard InChI is InChI=1S/C34H46N4O6/c1-5-30(39)23-16-14-22(15-17-23)19-35-32(40)38-36-20-24(18-31(44-42)34(2,3)4)37-33(41)43-21-29-27-12-8-6-10-25(27)26-11-7-9-13-28(26)29/h6-13,20,22-24,29,31,42H,5,14-19,21H2,1-4H3,(H,37,41)(H2,35,38,40)/b36-20+/t22?,23?,24-,31?/m0/s1. The van der Waals surface area contributed by atoms with Crippen LogP contribution in [0.4, 0.5) is 9.59 Å².